The van der Waals surface area contributed by atoms with Crippen molar-refractivity contribution in [1.82, 2.24) is 4.57 Å². The highest BCUT2D eigenvalue weighted by Gasteiger charge is 2.26. The first kappa shape index (κ1) is 13.7. The maximum atomic E-state index is 12.1. The summed E-state index contributed by atoms with van der Waals surface area (Å²) in [5, 5.41) is 9.12. The van der Waals surface area contributed by atoms with Gasteiger partial charge in [0.2, 0.25) is 0 Å². The molecule has 102 valence electrons. The first-order chi connectivity index (χ1) is 8.69. The molecule has 0 fully saturated rings. The molecule has 0 atom stereocenters. The number of carbonyl (C=O) groups is 2. The number of rotatable bonds is 1. The Hall–Kier alpha value is -1.76. The van der Waals surface area contributed by atoms with Gasteiger partial charge in [0.1, 0.15) is 11.3 Å². The number of carboxylic acid groups (broad SMARTS) is 1. The first-order valence-electron chi connectivity index (χ1n) is 5.46. The molecule has 1 N–H and O–H groups in total. The van der Waals surface area contributed by atoms with Crippen molar-refractivity contribution < 1.29 is 23.8 Å². The van der Waals surface area contributed by atoms with Crippen molar-refractivity contribution in [3.63, 3.8) is 0 Å². The minimum Gasteiger partial charge on any atom is -0.477 e. The predicted molar refractivity (Wildman–Crippen MR) is 70.5 cm³/mol. The van der Waals surface area contributed by atoms with E-state index in [-0.39, 0.29) is 5.69 Å². The number of hydrogen-bond donors (Lipinski definition) is 1. The third-order valence-electron chi connectivity index (χ3n) is 2.25. The van der Waals surface area contributed by atoms with Gasteiger partial charge >= 0.3 is 12.1 Å². The lowest BCUT2D eigenvalue weighted by Gasteiger charge is -2.20. The predicted octanol–water partition coefficient (Wildman–Crippen LogP) is 3.48. The number of ether oxygens (including phenoxy) is 1. The largest absolute Gasteiger partial charge is 0.477 e. The lowest BCUT2D eigenvalue weighted by atomic mass is 10.2. The average molecular weight is 330 g/mol. The molecule has 0 amide bonds. The Morgan fingerprint density at radius 3 is 2.53 bits per heavy atom. The highest BCUT2D eigenvalue weighted by molar-refractivity contribution is 9.10. The van der Waals surface area contributed by atoms with E-state index in [0.29, 0.717) is 15.8 Å². The Morgan fingerprint density at radius 2 is 2.00 bits per heavy atom. The molecule has 0 radical (unpaired) electrons. The van der Waals surface area contributed by atoms with Gasteiger partial charge in [0, 0.05) is 12.1 Å². The fourth-order valence-electron chi connectivity index (χ4n) is 1.62. The Bertz CT molecular complexity index is 661. The van der Waals surface area contributed by atoms with Crippen molar-refractivity contribution >= 4 is 39.1 Å². The second-order valence-corrected chi connectivity index (χ2v) is 5.73. The van der Waals surface area contributed by atoms with Gasteiger partial charge in [-0.05, 0) is 36.7 Å². The Balaban J connectivity index is 2.58. The van der Waals surface area contributed by atoms with Crippen molar-refractivity contribution in [3.05, 3.63) is 22.5 Å². The van der Waals surface area contributed by atoms with Gasteiger partial charge in [0.15, 0.2) is 10.3 Å². The molecule has 2 heterocycles. The van der Waals surface area contributed by atoms with Gasteiger partial charge in [-0.1, -0.05) is 0 Å². The first-order valence-corrected chi connectivity index (χ1v) is 6.26. The van der Waals surface area contributed by atoms with Crippen molar-refractivity contribution in [2.75, 3.05) is 0 Å². The van der Waals surface area contributed by atoms with Crippen LogP contribution in [-0.2, 0) is 4.74 Å². The summed E-state index contributed by atoms with van der Waals surface area (Å²) in [5.41, 5.74) is -0.270. The molecule has 0 aliphatic carbocycles. The summed E-state index contributed by atoms with van der Waals surface area (Å²) in [4.78, 5) is 23.3. The van der Waals surface area contributed by atoms with Crippen molar-refractivity contribution in [2.24, 2.45) is 0 Å². The number of aromatic carboxylic acids is 1. The van der Waals surface area contributed by atoms with Crippen LogP contribution in [0, 0.1) is 0 Å². The second kappa shape index (κ2) is 4.41. The average Bonchev–Trinajstić information content (AvgIpc) is 2.69. The summed E-state index contributed by atoms with van der Waals surface area (Å²) in [5.74, 6) is -1.23. The maximum absolute atomic E-state index is 12.1. The van der Waals surface area contributed by atoms with Gasteiger partial charge < -0.3 is 14.3 Å². The molecule has 0 bridgehead atoms. The van der Waals surface area contributed by atoms with Crippen molar-refractivity contribution in [2.45, 2.75) is 26.4 Å². The minimum absolute atomic E-state index is 0.199. The van der Waals surface area contributed by atoms with Crippen LogP contribution in [0.4, 0.5) is 4.79 Å². The quantitative estimate of drug-likeness (QED) is 0.866. The summed E-state index contributed by atoms with van der Waals surface area (Å²) in [6, 6.07) is 2.80. The van der Waals surface area contributed by atoms with E-state index >= 15 is 0 Å². The minimum atomic E-state index is -1.23. The van der Waals surface area contributed by atoms with Crippen LogP contribution in [0.2, 0.25) is 0 Å². The number of furan rings is 1. The molecule has 0 saturated heterocycles. The topological polar surface area (TPSA) is 81.7 Å². The summed E-state index contributed by atoms with van der Waals surface area (Å²) >= 11 is 3.13. The lowest BCUT2D eigenvalue weighted by Crippen LogP contribution is -2.28. The smallest absolute Gasteiger partial charge is 0.419 e. The molecule has 0 aromatic carbocycles. The van der Waals surface area contributed by atoms with Crippen molar-refractivity contribution in [1.29, 1.82) is 0 Å². The van der Waals surface area contributed by atoms with Gasteiger partial charge in [0.05, 0.1) is 5.52 Å². The molecule has 0 unspecified atom stereocenters. The molecule has 6 nitrogen and oxygen atoms in total. The van der Waals surface area contributed by atoms with Gasteiger partial charge in [-0.2, -0.15) is 0 Å². The molecule has 0 spiro atoms. The van der Waals surface area contributed by atoms with E-state index in [1.165, 1.54) is 12.1 Å². The molecular formula is C12H12BrNO5. The van der Waals surface area contributed by atoms with Crippen LogP contribution in [0.5, 0.6) is 0 Å². The number of fused-ring (bicyclic) bond motifs is 1. The van der Waals surface area contributed by atoms with Crippen LogP contribution in [0.15, 0.2) is 21.2 Å². The molecule has 19 heavy (non-hydrogen) atoms. The van der Waals surface area contributed by atoms with Crippen molar-refractivity contribution in [3.8, 4) is 0 Å². The van der Waals surface area contributed by atoms with E-state index in [1.54, 1.807) is 20.8 Å². The van der Waals surface area contributed by atoms with E-state index in [0.717, 1.165) is 4.57 Å². The zero-order chi connectivity index (χ0) is 14.4. The molecule has 2 rings (SSSR count). The summed E-state index contributed by atoms with van der Waals surface area (Å²) in [7, 11) is 0. The van der Waals surface area contributed by atoms with Crippen LogP contribution in [-0.4, -0.2) is 27.3 Å². The standard InChI is InChI=1S/C12H12BrNO5/c1-12(2,3)19-11(17)14-6-5-9(13)18-8(6)4-7(14)10(15)16/h4-5H,1-3H3,(H,15,16). The maximum Gasteiger partial charge on any atom is 0.419 e. The number of carbonyl (C=O) groups excluding carboxylic acids is 1. The zero-order valence-electron chi connectivity index (χ0n) is 10.6. The van der Waals surface area contributed by atoms with E-state index in [4.69, 9.17) is 14.3 Å². The van der Waals surface area contributed by atoms with E-state index in [2.05, 4.69) is 15.9 Å². The lowest BCUT2D eigenvalue weighted by molar-refractivity contribution is 0.0513. The highest BCUT2D eigenvalue weighted by Crippen LogP contribution is 2.27. The molecular weight excluding hydrogens is 318 g/mol. The summed E-state index contributed by atoms with van der Waals surface area (Å²) in [6.45, 7) is 5.12. The third kappa shape index (κ3) is 2.65. The number of aromatic nitrogens is 1. The molecule has 2 aromatic rings. The van der Waals surface area contributed by atoms with Gasteiger partial charge in [-0.15, -0.1) is 0 Å². The fraction of sp³-hybridized carbons (Fsp3) is 0.333. The normalized spacial score (nSPS) is 11.8. The molecule has 7 heteroatoms. The number of nitrogens with zero attached hydrogens (tertiary/aromatic N) is 1. The fourth-order valence-corrected chi connectivity index (χ4v) is 2.01. The molecule has 0 aliphatic rings. The van der Waals surface area contributed by atoms with Gasteiger partial charge in [-0.3, -0.25) is 0 Å². The van der Waals surface area contributed by atoms with Crippen LogP contribution in [0.1, 0.15) is 31.3 Å². The van der Waals surface area contributed by atoms with Crippen LogP contribution in [0.25, 0.3) is 11.1 Å². The van der Waals surface area contributed by atoms with Crippen LogP contribution < -0.4 is 0 Å². The monoisotopic (exact) mass is 329 g/mol. The van der Waals surface area contributed by atoms with E-state index < -0.39 is 17.7 Å². The molecule has 0 aliphatic heterocycles. The molecule has 0 saturated carbocycles. The van der Waals surface area contributed by atoms with Gasteiger partial charge in [0.25, 0.3) is 0 Å². The Kier molecular flexibility index (Phi) is 3.17. The Morgan fingerprint density at radius 1 is 1.37 bits per heavy atom. The zero-order valence-corrected chi connectivity index (χ0v) is 12.1. The highest BCUT2D eigenvalue weighted by atomic mass is 79.9. The second-order valence-electron chi connectivity index (χ2n) is 4.95. The van der Waals surface area contributed by atoms with E-state index in [9.17, 15) is 9.59 Å². The summed E-state index contributed by atoms with van der Waals surface area (Å²) in [6.07, 6.45) is -0.756. The van der Waals surface area contributed by atoms with E-state index in [1.807, 2.05) is 0 Å². The third-order valence-corrected chi connectivity index (χ3v) is 2.65. The Labute approximate surface area is 117 Å². The SMILES string of the molecule is CC(C)(C)OC(=O)n1c(C(=O)O)cc2oc(Br)cc21. The summed E-state index contributed by atoms with van der Waals surface area (Å²) < 4.78 is 11.8. The number of carboxylic acids is 1. The number of hydrogen-bond acceptors (Lipinski definition) is 4. The van der Waals surface area contributed by atoms with Crippen LogP contribution in [0.3, 0.4) is 0 Å². The number of halogens is 1. The van der Waals surface area contributed by atoms with Crippen LogP contribution >= 0.6 is 15.9 Å². The molecule has 2 aromatic heterocycles. The van der Waals surface area contributed by atoms with Gasteiger partial charge in [-0.25, -0.2) is 14.2 Å².